The van der Waals surface area contributed by atoms with Crippen molar-refractivity contribution in [2.75, 3.05) is 31.1 Å². The number of pyridine rings is 1. The summed E-state index contributed by atoms with van der Waals surface area (Å²) >= 11 is 0. The number of aliphatic hydroxyl groups is 3. The van der Waals surface area contributed by atoms with E-state index in [0.29, 0.717) is 36.0 Å². The molecule has 0 spiro atoms. The van der Waals surface area contributed by atoms with Gasteiger partial charge in [-0.15, -0.1) is 0 Å². The van der Waals surface area contributed by atoms with Crippen LogP contribution in [0.3, 0.4) is 0 Å². The molecular weight excluding hydrogens is 502 g/mol. The van der Waals surface area contributed by atoms with Gasteiger partial charge in [0.15, 0.2) is 0 Å². The van der Waals surface area contributed by atoms with E-state index in [2.05, 4.69) is 30.7 Å². The lowest BCUT2D eigenvalue weighted by Crippen LogP contribution is -2.62. The standard InChI is InChI=1S/C33H51N3O4/c1-21(7-10-30(40)36-16-14-35(15-17-36)29-6-4-5-13-34-29)24-8-9-25-31-26(20-28(39)33(24,25)3)32(2)12-11-23(37)18-22(32)19-27(31)38/h4-6,13,21-28,31,37-39H,7-12,14-20H2,1-3H3/t21-,22+,23-,24-,25+,26+,27-,28+,31+,32+,33-/m1/s1. The summed E-state index contributed by atoms with van der Waals surface area (Å²) in [5, 5.41) is 33.7. The maximum absolute atomic E-state index is 13.2. The van der Waals surface area contributed by atoms with Crippen LogP contribution in [0.1, 0.15) is 78.6 Å². The van der Waals surface area contributed by atoms with Crippen molar-refractivity contribution in [2.24, 2.45) is 46.3 Å². The van der Waals surface area contributed by atoms with E-state index in [9.17, 15) is 20.1 Å². The summed E-state index contributed by atoms with van der Waals surface area (Å²) in [6.07, 6.45) is 8.60. The Hall–Kier alpha value is -1.70. The lowest BCUT2D eigenvalue weighted by Gasteiger charge is -2.63. The molecule has 1 aromatic rings. The van der Waals surface area contributed by atoms with Crippen molar-refractivity contribution in [3.8, 4) is 0 Å². The van der Waals surface area contributed by atoms with Gasteiger partial charge in [0.25, 0.3) is 0 Å². The van der Waals surface area contributed by atoms with Crippen LogP contribution in [0.5, 0.6) is 0 Å². The molecule has 4 saturated carbocycles. The molecule has 1 saturated heterocycles. The zero-order valence-electron chi connectivity index (χ0n) is 24.8. The SMILES string of the molecule is C[C@H](CCC(=O)N1CCN(c2ccccn2)CC1)[C@H]1CC[C@H]2[C@@H]3[C@H](O)C[C@@H]4C[C@H](O)CC[C@]4(C)[C@H]3C[C@H](O)[C@]12C. The van der Waals surface area contributed by atoms with E-state index in [4.69, 9.17) is 0 Å². The van der Waals surface area contributed by atoms with Crippen LogP contribution in [0, 0.1) is 46.3 Å². The minimum atomic E-state index is -0.376. The molecule has 1 aromatic heterocycles. The van der Waals surface area contributed by atoms with Gasteiger partial charge < -0.3 is 25.1 Å². The van der Waals surface area contributed by atoms with E-state index in [1.807, 2.05) is 29.3 Å². The Labute approximate surface area is 240 Å². The molecule has 222 valence electrons. The third kappa shape index (κ3) is 4.68. The summed E-state index contributed by atoms with van der Waals surface area (Å²) in [5.74, 6) is 3.18. The first-order chi connectivity index (χ1) is 19.1. The van der Waals surface area contributed by atoms with Gasteiger partial charge in [0.2, 0.25) is 5.91 Å². The van der Waals surface area contributed by atoms with Crippen LogP contribution >= 0.6 is 0 Å². The third-order valence-electron chi connectivity index (χ3n) is 12.9. The Morgan fingerprint density at radius 2 is 1.80 bits per heavy atom. The smallest absolute Gasteiger partial charge is 0.222 e. The Kier molecular flexibility index (Phi) is 7.71. The molecule has 40 heavy (non-hydrogen) atoms. The van der Waals surface area contributed by atoms with Gasteiger partial charge in [0.1, 0.15) is 5.82 Å². The van der Waals surface area contributed by atoms with Crippen molar-refractivity contribution in [2.45, 2.75) is 96.9 Å². The predicted octanol–water partition coefficient (Wildman–Crippen LogP) is 4.11. The number of fused-ring (bicyclic) bond motifs is 5. The van der Waals surface area contributed by atoms with Crippen molar-refractivity contribution >= 4 is 11.7 Å². The molecule has 0 aromatic carbocycles. The van der Waals surface area contributed by atoms with E-state index in [1.165, 1.54) is 0 Å². The van der Waals surface area contributed by atoms with Gasteiger partial charge in [-0.2, -0.15) is 0 Å². The summed E-state index contributed by atoms with van der Waals surface area (Å²) < 4.78 is 0. The Morgan fingerprint density at radius 1 is 1.02 bits per heavy atom. The lowest BCUT2D eigenvalue weighted by atomic mass is 9.43. The molecule has 4 aliphatic carbocycles. The lowest BCUT2D eigenvalue weighted by molar-refractivity contribution is -0.207. The van der Waals surface area contributed by atoms with Crippen molar-refractivity contribution in [1.29, 1.82) is 0 Å². The van der Waals surface area contributed by atoms with E-state index < -0.39 is 0 Å². The fourth-order valence-corrected chi connectivity index (χ4v) is 10.6. The third-order valence-corrected chi connectivity index (χ3v) is 12.9. The summed E-state index contributed by atoms with van der Waals surface area (Å²) in [7, 11) is 0. The van der Waals surface area contributed by atoms with E-state index in [0.717, 1.165) is 83.4 Å². The minimum absolute atomic E-state index is 0.0994. The number of hydrogen-bond acceptors (Lipinski definition) is 6. The highest BCUT2D eigenvalue weighted by molar-refractivity contribution is 5.76. The molecule has 7 heteroatoms. The van der Waals surface area contributed by atoms with E-state index >= 15 is 0 Å². The zero-order chi connectivity index (χ0) is 28.2. The number of rotatable bonds is 5. The van der Waals surface area contributed by atoms with Crippen LogP contribution in [0.2, 0.25) is 0 Å². The number of aliphatic hydroxyl groups excluding tert-OH is 3. The molecule has 0 bridgehead atoms. The Morgan fingerprint density at radius 3 is 2.52 bits per heavy atom. The molecule has 7 nitrogen and oxygen atoms in total. The maximum atomic E-state index is 13.2. The van der Waals surface area contributed by atoms with Crippen molar-refractivity contribution in [3.63, 3.8) is 0 Å². The first-order valence-electron chi connectivity index (χ1n) is 16.1. The average Bonchev–Trinajstić information content (AvgIpc) is 3.32. The number of piperazine rings is 1. The van der Waals surface area contributed by atoms with Crippen LogP contribution in [-0.4, -0.2) is 75.6 Å². The summed E-state index contributed by atoms with van der Waals surface area (Å²) in [5.41, 5.74) is -0.113. The molecule has 2 heterocycles. The molecule has 6 rings (SSSR count). The maximum Gasteiger partial charge on any atom is 0.222 e. The van der Waals surface area contributed by atoms with Gasteiger partial charge in [0.05, 0.1) is 18.3 Å². The summed E-state index contributed by atoms with van der Waals surface area (Å²) in [4.78, 5) is 21.9. The van der Waals surface area contributed by atoms with Crippen LogP contribution in [0.25, 0.3) is 0 Å². The number of amides is 1. The molecule has 1 amide bonds. The second kappa shape index (κ2) is 10.9. The second-order valence-corrected chi connectivity index (χ2v) is 14.6. The molecule has 5 fully saturated rings. The summed E-state index contributed by atoms with van der Waals surface area (Å²) in [6, 6.07) is 5.96. The molecule has 0 radical (unpaired) electrons. The number of carbonyl (C=O) groups is 1. The van der Waals surface area contributed by atoms with Crippen molar-refractivity contribution < 1.29 is 20.1 Å². The first kappa shape index (κ1) is 28.4. The van der Waals surface area contributed by atoms with Gasteiger partial charge in [-0.25, -0.2) is 4.98 Å². The highest BCUT2D eigenvalue weighted by Gasteiger charge is 2.65. The summed E-state index contributed by atoms with van der Waals surface area (Å²) in [6.45, 7) is 10.1. The van der Waals surface area contributed by atoms with Crippen LogP contribution in [0.4, 0.5) is 5.82 Å². The van der Waals surface area contributed by atoms with Crippen LogP contribution < -0.4 is 4.90 Å². The quantitative estimate of drug-likeness (QED) is 0.508. The van der Waals surface area contributed by atoms with Gasteiger partial charge in [-0.05, 0) is 110 Å². The largest absolute Gasteiger partial charge is 0.393 e. The predicted molar refractivity (Wildman–Crippen MR) is 155 cm³/mol. The topological polar surface area (TPSA) is 97.1 Å². The zero-order valence-corrected chi connectivity index (χ0v) is 24.8. The Balaban J connectivity index is 1.08. The number of aromatic nitrogens is 1. The normalized spacial score (nSPS) is 44.0. The molecular formula is C33H51N3O4. The number of anilines is 1. The average molecular weight is 554 g/mol. The number of hydrogen-bond donors (Lipinski definition) is 3. The van der Waals surface area contributed by atoms with Gasteiger partial charge >= 0.3 is 0 Å². The molecule has 5 aliphatic rings. The number of nitrogens with zero attached hydrogens (tertiary/aromatic N) is 3. The fraction of sp³-hybridized carbons (Fsp3) is 0.818. The van der Waals surface area contributed by atoms with Gasteiger partial charge in [0, 0.05) is 38.8 Å². The Bertz CT molecular complexity index is 1050. The number of carbonyl (C=O) groups excluding carboxylic acids is 1. The highest BCUT2D eigenvalue weighted by Crippen LogP contribution is 2.68. The second-order valence-electron chi connectivity index (χ2n) is 14.6. The molecule has 11 atom stereocenters. The first-order valence-corrected chi connectivity index (χ1v) is 16.1. The molecule has 1 aliphatic heterocycles. The van der Waals surface area contributed by atoms with Crippen LogP contribution in [-0.2, 0) is 4.79 Å². The van der Waals surface area contributed by atoms with Crippen LogP contribution in [0.15, 0.2) is 24.4 Å². The van der Waals surface area contributed by atoms with Gasteiger partial charge in [-0.3, -0.25) is 4.79 Å². The molecule has 0 unspecified atom stereocenters. The van der Waals surface area contributed by atoms with E-state index in [1.54, 1.807) is 0 Å². The fourth-order valence-electron chi connectivity index (χ4n) is 10.6. The van der Waals surface area contributed by atoms with Crippen molar-refractivity contribution in [3.05, 3.63) is 24.4 Å². The minimum Gasteiger partial charge on any atom is -0.393 e. The monoisotopic (exact) mass is 553 g/mol. The van der Waals surface area contributed by atoms with Crippen molar-refractivity contribution in [1.82, 2.24) is 9.88 Å². The highest BCUT2D eigenvalue weighted by atomic mass is 16.3. The molecule has 3 N–H and O–H groups in total. The van der Waals surface area contributed by atoms with Gasteiger partial charge in [-0.1, -0.05) is 26.8 Å². The van der Waals surface area contributed by atoms with E-state index in [-0.39, 0.29) is 41.0 Å².